The Hall–Kier alpha value is -0.723. The van der Waals surface area contributed by atoms with Gasteiger partial charge >= 0.3 is 11.9 Å². The number of carboxylic acid groups (broad SMARTS) is 2. The zero-order chi connectivity index (χ0) is 7.44. The maximum atomic E-state index is 9.92. The summed E-state index contributed by atoms with van der Waals surface area (Å²) in [5.41, 5.74) is 0. The van der Waals surface area contributed by atoms with E-state index in [1.807, 2.05) is 0 Å². The van der Waals surface area contributed by atoms with E-state index >= 15 is 0 Å². The molecule has 5 heteroatoms. The number of hydrogen-bond donors (Lipinski definition) is 2. The fraction of sp³-hybridized carbons (Fsp3) is 0.200. The van der Waals surface area contributed by atoms with E-state index in [1.165, 1.54) is 0 Å². The third kappa shape index (κ3) is 3.33. The van der Waals surface area contributed by atoms with Crippen molar-refractivity contribution >= 4 is 30.8 Å². The number of carboxylic acids is 2. The molecular formula is C5H6LiO4. The second-order valence-corrected chi connectivity index (χ2v) is 1.39. The quantitative estimate of drug-likeness (QED) is 0.314. The Kier molecular flexibility index (Phi) is 6.11. The molecule has 0 spiro atoms. The van der Waals surface area contributed by atoms with Gasteiger partial charge in [0.15, 0.2) is 5.92 Å². The molecule has 4 nitrogen and oxygen atoms in total. The van der Waals surface area contributed by atoms with Crippen molar-refractivity contribution in [3.63, 3.8) is 0 Å². The maximum absolute atomic E-state index is 9.92. The summed E-state index contributed by atoms with van der Waals surface area (Å²) in [5.74, 6) is -4.26. The summed E-state index contributed by atoms with van der Waals surface area (Å²) in [7, 11) is 0. The van der Waals surface area contributed by atoms with Crippen molar-refractivity contribution in [2.24, 2.45) is 5.92 Å². The van der Waals surface area contributed by atoms with E-state index in [0.717, 1.165) is 6.08 Å². The molecular weight excluding hydrogens is 131 g/mol. The first-order valence-corrected chi connectivity index (χ1v) is 2.17. The molecule has 0 bridgehead atoms. The van der Waals surface area contributed by atoms with Crippen LogP contribution in [-0.4, -0.2) is 41.0 Å². The first-order chi connectivity index (χ1) is 4.09. The Morgan fingerprint density at radius 1 is 1.30 bits per heavy atom. The van der Waals surface area contributed by atoms with E-state index in [2.05, 4.69) is 6.58 Å². The van der Waals surface area contributed by atoms with Crippen molar-refractivity contribution in [1.29, 1.82) is 0 Å². The molecule has 0 unspecified atom stereocenters. The van der Waals surface area contributed by atoms with E-state index in [1.54, 1.807) is 0 Å². The fourth-order valence-corrected chi connectivity index (χ4v) is 0.307. The van der Waals surface area contributed by atoms with Gasteiger partial charge in [0.25, 0.3) is 0 Å². The SMILES string of the molecule is C=CC(C(=O)O)C(=O)O.[Li]. The molecule has 1 radical (unpaired) electrons. The summed E-state index contributed by atoms with van der Waals surface area (Å²) in [6.07, 6.45) is 0.866. The van der Waals surface area contributed by atoms with Gasteiger partial charge in [-0.05, 0) is 0 Å². The third-order valence-corrected chi connectivity index (χ3v) is 0.768. The Labute approximate surface area is 69.7 Å². The van der Waals surface area contributed by atoms with Crippen LogP contribution in [0.5, 0.6) is 0 Å². The molecule has 0 aromatic heterocycles. The minimum Gasteiger partial charge on any atom is -0.480 e. The average Bonchev–Trinajstić information content (AvgIpc) is 1.64. The Morgan fingerprint density at radius 2 is 1.60 bits per heavy atom. The first kappa shape index (κ1) is 12.0. The van der Waals surface area contributed by atoms with Crippen molar-refractivity contribution in [3.8, 4) is 0 Å². The topological polar surface area (TPSA) is 74.6 Å². The number of carbonyl (C=O) groups is 2. The molecule has 0 rings (SSSR count). The summed E-state index contributed by atoms with van der Waals surface area (Å²) in [4.78, 5) is 19.8. The second-order valence-electron chi connectivity index (χ2n) is 1.39. The third-order valence-electron chi connectivity index (χ3n) is 0.768. The van der Waals surface area contributed by atoms with Crippen LogP contribution in [0.1, 0.15) is 0 Å². The van der Waals surface area contributed by atoms with Crippen molar-refractivity contribution in [1.82, 2.24) is 0 Å². The standard InChI is InChI=1S/C5H6O4.Li/c1-2-3(4(6)7)5(8)9;/h2-3H,1H2,(H,6,7)(H,8,9);. The van der Waals surface area contributed by atoms with Gasteiger partial charge in [-0.3, -0.25) is 9.59 Å². The molecule has 0 fully saturated rings. The molecule has 0 aliphatic rings. The largest absolute Gasteiger partial charge is 0.480 e. The van der Waals surface area contributed by atoms with Crippen LogP contribution in [0, 0.1) is 5.92 Å². The summed E-state index contributed by atoms with van der Waals surface area (Å²) >= 11 is 0. The Balaban J connectivity index is 0. The smallest absolute Gasteiger partial charge is 0.321 e. The van der Waals surface area contributed by atoms with Crippen molar-refractivity contribution in [3.05, 3.63) is 12.7 Å². The molecule has 0 aromatic carbocycles. The summed E-state index contributed by atoms with van der Waals surface area (Å²) in [6.45, 7) is 3.04. The minimum absolute atomic E-state index is 0. The molecule has 0 atom stereocenters. The van der Waals surface area contributed by atoms with Crippen molar-refractivity contribution < 1.29 is 19.8 Å². The Bertz CT molecular complexity index is 140. The molecule has 10 heavy (non-hydrogen) atoms. The van der Waals surface area contributed by atoms with E-state index in [0.29, 0.717) is 0 Å². The number of hydrogen-bond acceptors (Lipinski definition) is 2. The van der Waals surface area contributed by atoms with Crippen LogP contribution >= 0.6 is 0 Å². The number of rotatable bonds is 3. The monoisotopic (exact) mass is 137 g/mol. The Morgan fingerprint density at radius 3 is 1.60 bits per heavy atom. The van der Waals surface area contributed by atoms with Crippen molar-refractivity contribution in [2.75, 3.05) is 0 Å². The van der Waals surface area contributed by atoms with E-state index < -0.39 is 17.9 Å². The van der Waals surface area contributed by atoms with Gasteiger partial charge in [-0.2, -0.15) is 0 Å². The number of aliphatic carboxylic acids is 2. The fourth-order valence-electron chi connectivity index (χ4n) is 0.307. The van der Waals surface area contributed by atoms with Gasteiger partial charge in [-0.25, -0.2) is 0 Å². The van der Waals surface area contributed by atoms with Crippen LogP contribution in [0.4, 0.5) is 0 Å². The van der Waals surface area contributed by atoms with Crippen LogP contribution < -0.4 is 0 Å². The van der Waals surface area contributed by atoms with Gasteiger partial charge < -0.3 is 10.2 Å². The summed E-state index contributed by atoms with van der Waals surface area (Å²) < 4.78 is 0. The summed E-state index contributed by atoms with van der Waals surface area (Å²) in [6, 6.07) is 0. The molecule has 0 saturated carbocycles. The molecule has 0 saturated heterocycles. The second kappa shape index (κ2) is 5.09. The van der Waals surface area contributed by atoms with Gasteiger partial charge in [0, 0.05) is 18.9 Å². The van der Waals surface area contributed by atoms with Crippen molar-refractivity contribution in [2.45, 2.75) is 0 Å². The van der Waals surface area contributed by atoms with Crippen LogP contribution in [-0.2, 0) is 9.59 Å². The normalized spacial score (nSPS) is 8.10. The van der Waals surface area contributed by atoms with Gasteiger partial charge in [-0.15, -0.1) is 6.58 Å². The van der Waals surface area contributed by atoms with Gasteiger partial charge in [0.2, 0.25) is 0 Å². The van der Waals surface area contributed by atoms with Crippen LogP contribution in [0.25, 0.3) is 0 Å². The van der Waals surface area contributed by atoms with E-state index in [-0.39, 0.29) is 18.9 Å². The summed E-state index contributed by atoms with van der Waals surface area (Å²) in [5, 5.41) is 16.2. The van der Waals surface area contributed by atoms with Crippen LogP contribution in [0.3, 0.4) is 0 Å². The van der Waals surface area contributed by atoms with E-state index in [4.69, 9.17) is 10.2 Å². The molecule has 0 aliphatic carbocycles. The van der Waals surface area contributed by atoms with Gasteiger partial charge in [-0.1, -0.05) is 6.08 Å². The molecule has 51 valence electrons. The predicted molar refractivity (Wildman–Crippen MR) is 34.7 cm³/mol. The average molecular weight is 137 g/mol. The molecule has 0 heterocycles. The molecule has 0 aliphatic heterocycles. The zero-order valence-corrected chi connectivity index (χ0v) is 5.57. The molecule has 2 N–H and O–H groups in total. The molecule has 0 amide bonds. The van der Waals surface area contributed by atoms with E-state index in [9.17, 15) is 9.59 Å². The first-order valence-electron chi connectivity index (χ1n) is 2.17. The molecule has 0 aromatic rings. The van der Waals surface area contributed by atoms with Gasteiger partial charge in [0.1, 0.15) is 0 Å². The van der Waals surface area contributed by atoms with Gasteiger partial charge in [0.05, 0.1) is 0 Å². The van der Waals surface area contributed by atoms with Crippen LogP contribution in [0.2, 0.25) is 0 Å². The predicted octanol–water partition coefficient (Wildman–Crippen LogP) is -0.423. The maximum Gasteiger partial charge on any atom is 0.321 e. The minimum atomic E-state index is -1.48. The zero-order valence-electron chi connectivity index (χ0n) is 5.57. The van der Waals surface area contributed by atoms with Crippen LogP contribution in [0.15, 0.2) is 12.7 Å².